The molecule has 178 valence electrons. The molecule has 0 aliphatic carbocycles. The van der Waals surface area contributed by atoms with Gasteiger partial charge in [0.1, 0.15) is 11.6 Å². The van der Waals surface area contributed by atoms with E-state index in [0.29, 0.717) is 35.9 Å². The Morgan fingerprint density at radius 2 is 2.03 bits per heavy atom. The van der Waals surface area contributed by atoms with Gasteiger partial charge < -0.3 is 23.9 Å². The molecule has 0 N–H and O–H groups in total. The van der Waals surface area contributed by atoms with Gasteiger partial charge in [-0.25, -0.2) is 4.98 Å². The van der Waals surface area contributed by atoms with Gasteiger partial charge in [0.05, 0.1) is 17.9 Å². The Hall–Kier alpha value is -3.41. The minimum Gasteiger partial charge on any atom is -0.430 e. The standard InChI is InChI=1S/C26H31N5O3/c1-17-20(15-27)22-24(34-25(28-22)26(32)30(4)13-14-33-5)23(21(17)18-9-7-6-8-10-18)31-12-11-19(16-31)29(2)3/h6-10,19H,11-14,16H2,1-5H3/t19-/m0/s1. The fourth-order valence-corrected chi connectivity index (χ4v) is 4.59. The number of carbonyl (C=O) groups is 1. The van der Waals surface area contributed by atoms with Crippen LogP contribution in [0.15, 0.2) is 34.7 Å². The van der Waals surface area contributed by atoms with Gasteiger partial charge in [0.2, 0.25) is 0 Å². The lowest BCUT2D eigenvalue weighted by Crippen LogP contribution is -2.31. The van der Waals surface area contributed by atoms with Gasteiger partial charge in [-0.2, -0.15) is 5.26 Å². The van der Waals surface area contributed by atoms with Gasteiger partial charge in [-0.1, -0.05) is 30.3 Å². The molecule has 0 saturated carbocycles. The van der Waals surface area contributed by atoms with Crippen molar-refractivity contribution in [2.75, 3.05) is 59.4 Å². The minimum atomic E-state index is -0.338. The third kappa shape index (κ3) is 4.25. The van der Waals surface area contributed by atoms with Crippen LogP contribution >= 0.6 is 0 Å². The molecule has 0 spiro atoms. The maximum Gasteiger partial charge on any atom is 0.309 e. The number of carbonyl (C=O) groups excluding carboxylic acids is 1. The van der Waals surface area contributed by atoms with Gasteiger partial charge >= 0.3 is 5.91 Å². The molecule has 1 atom stereocenters. The Kier molecular flexibility index (Phi) is 6.87. The average Bonchev–Trinajstić information content (AvgIpc) is 3.50. The molecular weight excluding hydrogens is 430 g/mol. The van der Waals surface area contributed by atoms with Crippen LogP contribution in [-0.4, -0.2) is 81.2 Å². The largest absolute Gasteiger partial charge is 0.430 e. The van der Waals surface area contributed by atoms with E-state index in [1.165, 1.54) is 4.90 Å². The first-order chi connectivity index (χ1) is 16.4. The lowest BCUT2D eigenvalue weighted by molar-refractivity contribution is 0.0708. The van der Waals surface area contributed by atoms with Crippen LogP contribution in [0.3, 0.4) is 0 Å². The molecule has 4 rings (SSSR count). The van der Waals surface area contributed by atoms with Gasteiger partial charge in [0.25, 0.3) is 5.89 Å². The molecule has 3 aromatic rings. The Morgan fingerprint density at radius 1 is 1.29 bits per heavy atom. The second-order valence-electron chi connectivity index (χ2n) is 8.97. The molecule has 1 aromatic heterocycles. The summed E-state index contributed by atoms with van der Waals surface area (Å²) >= 11 is 0. The van der Waals surface area contributed by atoms with E-state index in [4.69, 9.17) is 9.15 Å². The van der Waals surface area contributed by atoms with Gasteiger partial charge in [-0.15, -0.1) is 0 Å². The van der Waals surface area contributed by atoms with E-state index >= 15 is 0 Å². The lowest BCUT2D eigenvalue weighted by Gasteiger charge is -2.25. The number of nitrogens with zero attached hydrogens (tertiary/aromatic N) is 5. The highest BCUT2D eigenvalue weighted by molar-refractivity contribution is 6.04. The van der Waals surface area contributed by atoms with E-state index in [1.807, 2.05) is 37.3 Å². The number of aromatic nitrogens is 1. The molecule has 0 radical (unpaired) electrons. The number of amides is 1. The Morgan fingerprint density at radius 3 is 2.65 bits per heavy atom. The normalized spacial score (nSPS) is 15.8. The number of oxazole rings is 1. The molecule has 2 aromatic carbocycles. The van der Waals surface area contributed by atoms with Crippen molar-refractivity contribution < 1.29 is 13.9 Å². The number of methoxy groups -OCH3 is 1. The van der Waals surface area contributed by atoms with E-state index < -0.39 is 0 Å². The van der Waals surface area contributed by atoms with Crippen molar-refractivity contribution in [3.63, 3.8) is 0 Å². The van der Waals surface area contributed by atoms with Crippen molar-refractivity contribution in [2.45, 2.75) is 19.4 Å². The first-order valence-corrected chi connectivity index (χ1v) is 11.5. The first kappa shape index (κ1) is 23.7. The maximum atomic E-state index is 13.0. The van der Waals surface area contributed by atoms with E-state index in [0.717, 1.165) is 41.9 Å². The monoisotopic (exact) mass is 461 g/mol. The first-order valence-electron chi connectivity index (χ1n) is 11.5. The van der Waals surface area contributed by atoms with Crippen molar-refractivity contribution in [3.8, 4) is 17.2 Å². The summed E-state index contributed by atoms with van der Waals surface area (Å²) < 4.78 is 11.3. The SMILES string of the molecule is COCCN(C)C(=O)c1nc2c(C#N)c(C)c(-c3ccccc3)c(N3CC[C@H](N(C)C)C3)c2o1. The zero-order valence-electron chi connectivity index (χ0n) is 20.5. The number of ether oxygens (including phenoxy) is 1. The Bertz CT molecular complexity index is 1230. The predicted molar refractivity (Wildman–Crippen MR) is 132 cm³/mol. The summed E-state index contributed by atoms with van der Waals surface area (Å²) in [5.41, 5.74) is 5.05. The number of fused-ring (bicyclic) bond motifs is 1. The lowest BCUT2D eigenvalue weighted by atomic mass is 9.93. The maximum absolute atomic E-state index is 13.0. The summed E-state index contributed by atoms with van der Waals surface area (Å²) in [5.74, 6) is -0.353. The van der Waals surface area contributed by atoms with Gasteiger partial charge in [0, 0.05) is 45.4 Å². The highest BCUT2D eigenvalue weighted by atomic mass is 16.5. The second kappa shape index (κ2) is 9.84. The Labute approximate surface area is 200 Å². The summed E-state index contributed by atoms with van der Waals surface area (Å²) in [6.07, 6.45) is 1.02. The third-order valence-corrected chi connectivity index (χ3v) is 6.61. The van der Waals surface area contributed by atoms with Crippen molar-refractivity contribution in [1.29, 1.82) is 5.26 Å². The average molecular weight is 462 g/mol. The van der Waals surface area contributed by atoms with Crippen LogP contribution in [0, 0.1) is 18.3 Å². The summed E-state index contributed by atoms with van der Waals surface area (Å²) in [4.78, 5) is 23.6. The number of benzene rings is 2. The molecule has 2 heterocycles. The third-order valence-electron chi connectivity index (χ3n) is 6.61. The summed E-state index contributed by atoms with van der Waals surface area (Å²) in [7, 11) is 7.46. The second-order valence-corrected chi connectivity index (χ2v) is 8.97. The molecule has 1 aliphatic heterocycles. The predicted octanol–water partition coefficient (Wildman–Crippen LogP) is 3.53. The van der Waals surface area contributed by atoms with Crippen LogP contribution in [0.25, 0.3) is 22.2 Å². The molecule has 0 unspecified atom stereocenters. The summed E-state index contributed by atoms with van der Waals surface area (Å²) in [6.45, 7) is 4.45. The van der Waals surface area contributed by atoms with Crippen LogP contribution in [0.2, 0.25) is 0 Å². The number of nitriles is 1. The highest BCUT2D eigenvalue weighted by Gasteiger charge is 2.32. The molecule has 1 fully saturated rings. The van der Waals surface area contributed by atoms with Crippen molar-refractivity contribution in [3.05, 3.63) is 47.3 Å². The topological polar surface area (TPSA) is 85.8 Å². The molecule has 0 bridgehead atoms. The number of anilines is 1. The zero-order chi connectivity index (χ0) is 24.4. The molecule has 34 heavy (non-hydrogen) atoms. The molecule has 1 aliphatic rings. The van der Waals surface area contributed by atoms with Gasteiger partial charge in [0.15, 0.2) is 5.58 Å². The highest BCUT2D eigenvalue weighted by Crippen LogP contribution is 2.44. The minimum absolute atomic E-state index is 0.0145. The van der Waals surface area contributed by atoms with E-state index in [2.05, 4.69) is 34.9 Å². The van der Waals surface area contributed by atoms with E-state index in [1.54, 1.807) is 14.2 Å². The molecule has 1 amide bonds. The molecular formula is C26H31N5O3. The summed E-state index contributed by atoms with van der Waals surface area (Å²) in [6, 6.07) is 12.7. The van der Waals surface area contributed by atoms with Gasteiger partial charge in [-0.3, -0.25) is 4.79 Å². The quantitative estimate of drug-likeness (QED) is 0.532. The molecule has 8 heteroatoms. The Balaban J connectivity index is 1.94. The van der Waals surface area contributed by atoms with Crippen molar-refractivity contribution in [1.82, 2.24) is 14.8 Å². The fraction of sp³-hybridized carbons (Fsp3) is 0.423. The summed E-state index contributed by atoms with van der Waals surface area (Å²) in [5, 5.41) is 10.1. The van der Waals surface area contributed by atoms with Crippen LogP contribution in [0.5, 0.6) is 0 Å². The zero-order valence-corrected chi connectivity index (χ0v) is 20.5. The fourth-order valence-electron chi connectivity index (χ4n) is 4.59. The van der Waals surface area contributed by atoms with Crippen LogP contribution in [0.4, 0.5) is 5.69 Å². The smallest absolute Gasteiger partial charge is 0.309 e. The van der Waals surface area contributed by atoms with Crippen molar-refractivity contribution in [2.24, 2.45) is 0 Å². The number of hydrogen-bond acceptors (Lipinski definition) is 7. The number of rotatable bonds is 7. The van der Waals surface area contributed by atoms with E-state index in [-0.39, 0.29) is 11.8 Å². The van der Waals surface area contributed by atoms with Crippen LogP contribution in [-0.2, 0) is 4.74 Å². The number of likely N-dealkylation sites (N-methyl/N-ethyl adjacent to an activating group) is 2. The van der Waals surface area contributed by atoms with Gasteiger partial charge in [-0.05, 0) is 38.6 Å². The van der Waals surface area contributed by atoms with Crippen LogP contribution < -0.4 is 4.90 Å². The van der Waals surface area contributed by atoms with Crippen molar-refractivity contribution >= 4 is 22.7 Å². The molecule has 1 saturated heterocycles. The van der Waals surface area contributed by atoms with E-state index in [9.17, 15) is 10.1 Å². The number of hydrogen-bond donors (Lipinski definition) is 0. The van der Waals surface area contributed by atoms with Crippen LogP contribution in [0.1, 0.15) is 28.2 Å². The molecule has 8 nitrogen and oxygen atoms in total.